The van der Waals surface area contributed by atoms with E-state index in [0.29, 0.717) is 6.32 Å². The van der Waals surface area contributed by atoms with Crippen LogP contribution >= 0.6 is 0 Å². The fraction of sp³-hybridized carbons (Fsp3) is 1.00. The summed E-state index contributed by atoms with van der Waals surface area (Å²) in [5, 5.41) is 0. The Hall–Kier alpha value is -0.0151. The number of ether oxygens (including phenoxy) is 2. The van der Waals surface area contributed by atoms with Crippen molar-refractivity contribution in [2.24, 2.45) is 0 Å². The van der Waals surface area contributed by atoms with Crippen molar-refractivity contribution in [2.45, 2.75) is 58.7 Å². The Balaban J connectivity index is 3.48. The molecule has 76 valence electrons. The van der Waals surface area contributed by atoms with Crippen LogP contribution in [0.2, 0.25) is 6.32 Å². The van der Waals surface area contributed by atoms with Gasteiger partial charge in [0, 0.05) is 6.61 Å². The fourth-order valence-corrected chi connectivity index (χ4v) is 1.06. The Bertz CT molecular complexity index is 115. The Kier molecular flexibility index (Phi) is 7.39. The molecule has 2 nitrogen and oxygen atoms in total. The highest BCUT2D eigenvalue weighted by Gasteiger charge is 2.08. The Morgan fingerprint density at radius 3 is 2.08 bits per heavy atom. The molecule has 2 radical (unpaired) electrons. The van der Waals surface area contributed by atoms with Gasteiger partial charge < -0.3 is 9.47 Å². The van der Waals surface area contributed by atoms with E-state index in [1.165, 1.54) is 0 Å². The van der Waals surface area contributed by atoms with Gasteiger partial charge in [-0.05, 0) is 34.1 Å². The largest absolute Gasteiger partial charge is 0.379 e. The average molecular weight is 184 g/mol. The smallest absolute Gasteiger partial charge is 0.0688 e. The zero-order valence-electron chi connectivity index (χ0n) is 9.25. The van der Waals surface area contributed by atoms with E-state index in [9.17, 15) is 0 Å². The van der Waals surface area contributed by atoms with Crippen LogP contribution in [0.3, 0.4) is 0 Å². The first-order valence-corrected chi connectivity index (χ1v) is 5.03. The van der Waals surface area contributed by atoms with E-state index in [1.807, 2.05) is 27.7 Å². The summed E-state index contributed by atoms with van der Waals surface area (Å²) in [5.74, 6) is 0. The maximum absolute atomic E-state index is 5.58. The van der Waals surface area contributed by atoms with Crippen molar-refractivity contribution in [2.75, 3.05) is 6.61 Å². The molecular weight excluding hydrogens is 163 g/mol. The predicted octanol–water partition coefficient (Wildman–Crippen LogP) is 2.18. The first-order valence-electron chi connectivity index (χ1n) is 5.03. The normalized spacial score (nSPS) is 14.0. The summed E-state index contributed by atoms with van der Waals surface area (Å²) >= 11 is 0. The van der Waals surface area contributed by atoms with Crippen LogP contribution in [-0.4, -0.2) is 32.8 Å². The molecule has 0 amide bonds. The molecule has 3 heteroatoms. The maximum Gasteiger partial charge on any atom is 0.0688 e. The fourth-order valence-electron chi connectivity index (χ4n) is 1.06. The van der Waals surface area contributed by atoms with E-state index >= 15 is 0 Å². The Morgan fingerprint density at radius 2 is 1.69 bits per heavy atom. The molecule has 0 aliphatic rings. The third kappa shape index (κ3) is 8.32. The van der Waals surface area contributed by atoms with Gasteiger partial charge in [0.05, 0.1) is 26.2 Å². The molecule has 0 saturated carbocycles. The van der Waals surface area contributed by atoms with E-state index in [-0.39, 0.29) is 18.3 Å². The van der Waals surface area contributed by atoms with Crippen LogP contribution in [0.5, 0.6) is 0 Å². The zero-order valence-corrected chi connectivity index (χ0v) is 9.25. The lowest BCUT2D eigenvalue weighted by atomic mass is 9.97. The number of hydrogen-bond donors (Lipinski definition) is 0. The molecule has 0 aromatic carbocycles. The van der Waals surface area contributed by atoms with Crippen LogP contribution in [0.15, 0.2) is 0 Å². The molecule has 1 unspecified atom stereocenters. The molecular formula is C10H21BO2. The quantitative estimate of drug-likeness (QED) is 0.564. The summed E-state index contributed by atoms with van der Waals surface area (Å²) in [6.45, 7) is 8.83. The van der Waals surface area contributed by atoms with Gasteiger partial charge in [0.1, 0.15) is 0 Å². The molecule has 0 bridgehead atoms. The van der Waals surface area contributed by atoms with Crippen LogP contribution in [0.4, 0.5) is 0 Å². The van der Waals surface area contributed by atoms with Crippen LogP contribution in [-0.2, 0) is 9.47 Å². The van der Waals surface area contributed by atoms with Gasteiger partial charge in [-0.25, -0.2) is 0 Å². The molecule has 0 aromatic rings. The molecule has 0 spiro atoms. The molecule has 0 aliphatic carbocycles. The summed E-state index contributed by atoms with van der Waals surface area (Å²) in [5.41, 5.74) is 0. The minimum absolute atomic E-state index is 0.138. The van der Waals surface area contributed by atoms with Crippen LogP contribution in [0, 0.1) is 0 Å². The minimum Gasteiger partial charge on any atom is -0.379 e. The highest BCUT2D eigenvalue weighted by atomic mass is 16.5. The van der Waals surface area contributed by atoms with Gasteiger partial charge in [-0.15, -0.1) is 0 Å². The predicted molar refractivity (Wildman–Crippen MR) is 56.3 cm³/mol. The van der Waals surface area contributed by atoms with Gasteiger partial charge in [0.15, 0.2) is 0 Å². The standard InChI is InChI=1S/C10H21BO2/c1-8(2)12-6-5-10(7-11)13-9(3)4/h8-10H,5-7H2,1-4H3. The van der Waals surface area contributed by atoms with Crippen molar-refractivity contribution in [3.8, 4) is 0 Å². The molecule has 0 rings (SSSR count). The van der Waals surface area contributed by atoms with Gasteiger partial charge in [-0.3, -0.25) is 0 Å². The van der Waals surface area contributed by atoms with Gasteiger partial charge in [-0.1, -0.05) is 6.32 Å². The molecule has 0 aromatic heterocycles. The third-order valence-electron chi connectivity index (χ3n) is 1.62. The SMILES string of the molecule is [B]CC(CCOC(C)C)OC(C)C. The Labute approximate surface area is 83.4 Å². The summed E-state index contributed by atoms with van der Waals surface area (Å²) in [4.78, 5) is 0. The van der Waals surface area contributed by atoms with Gasteiger partial charge in [0.2, 0.25) is 0 Å². The maximum atomic E-state index is 5.58. The van der Waals surface area contributed by atoms with Crippen LogP contribution < -0.4 is 0 Å². The van der Waals surface area contributed by atoms with Crippen molar-refractivity contribution in [3.05, 3.63) is 0 Å². The molecule has 0 heterocycles. The first kappa shape index (κ1) is 13.0. The highest BCUT2D eigenvalue weighted by Crippen LogP contribution is 2.07. The lowest BCUT2D eigenvalue weighted by Gasteiger charge is -2.19. The van der Waals surface area contributed by atoms with Crippen molar-refractivity contribution >= 4 is 7.85 Å². The van der Waals surface area contributed by atoms with Gasteiger partial charge >= 0.3 is 0 Å². The highest BCUT2D eigenvalue weighted by molar-refractivity contribution is 6.08. The summed E-state index contributed by atoms with van der Waals surface area (Å²) in [6, 6.07) is 0. The van der Waals surface area contributed by atoms with E-state index in [0.717, 1.165) is 13.0 Å². The minimum atomic E-state index is 0.138. The molecule has 13 heavy (non-hydrogen) atoms. The topological polar surface area (TPSA) is 18.5 Å². The summed E-state index contributed by atoms with van der Waals surface area (Å²) in [6.07, 6.45) is 2.12. The first-order chi connectivity index (χ1) is 6.06. The van der Waals surface area contributed by atoms with Crippen LogP contribution in [0.1, 0.15) is 34.1 Å². The van der Waals surface area contributed by atoms with E-state index < -0.39 is 0 Å². The lowest BCUT2D eigenvalue weighted by Crippen LogP contribution is -2.20. The molecule has 0 aliphatic heterocycles. The zero-order chi connectivity index (χ0) is 10.3. The monoisotopic (exact) mass is 184 g/mol. The van der Waals surface area contributed by atoms with Crippen molar-refractivity contribution in [3.63, 3.8) is 0 Å². The van der Waals surface area contributed by atoms with Crippen molar-refractivity contribution in [1.29, 1.82) is 0 Å². The second kappa shape index (κ2) is 7.39. The Morgan fingerprint density at radius 1 is 1.08 bits per heavy atom. The van der Waals surface area contributed by atoms with E-state index in [4.69, 9.17) is 17.3 Å². The molecule has 0 saturated heterocycles. The second-order valence-corrected chi connectivity index (χ2v) is 3.75. The third-order valence-corrected chi connectivity index (χ3v) is 1.62. The number of hydrogen-bond acceptors (Lipinski definition) is 2. The summed E-state index contributed by atoms with van der Waals surface area (Å²) in [7, 11) is 5.56. The summed E-state index contributed by atoms with van der Waals surface area (Å²) < 4.78 is 11.0. The molecule has 1 atom stereocenters. The molecule has 0 N–H and O–H groups in total. The average Bonchev–Trinajstić information content (AvgIpc) is 2.01. The van der Waals surface area contributed by atoms with Crippen molar-refractivity contribution in [1.82, 2.24) is 0 Å². The van der Waals surface area contributed by atoms with E-state index in [2.05, 4.69) is 0 Å². The lowest BCUT2D eigenvalue weighted by molar-refractivity contribution is -0.0114. The second-order valence-electron chi connectivity index (χ2n) is 3.75. The van der Waals surface area contributed by atoms with Crippen LogP contribution in [0.25, 0.3) is 0 Å². The molecule has 0 fully saturated rings. The number of rotatable bonds is 7. The van der Waals surface area contributed by atoms with Gasteiger partial charge in [0.25, 0.3) is 0 Å². The van der Waals surface area contributed by atoms with Crippen molar-refractivity contribution < 1.29 is 9.47 Å². The van der Waals surface area contributed by atoms with Gasteiger partial charge in [-0.2, -0.15) is 0 Å². The van der Waals surface area contributed by atoms with E-state index in [1.54, 1.807) is 0 Å².